The van der Waals surface area contributed by atoms with Crippen LogP contribution < -0.4 is 5.19 Å². The van der Waals surface area contributed by atoms with E-state index in [-0.39, 0.29) is 0 Å². The summed E-state index contributed by atoms with van der Waals surface area (Å²) in [6.45, 7) is 4.94. The summed E-state index contributed by atoms with van der Waals surface area (Å²) in [5.41, 5.74) is 4.32. The fourth-order valence-electron chi connectivity index (χ4n) is 2.90. The van der Waals surface area contributed by atoms with Gasteiger partial charge in [0.05, 0.1) is 8.07 Å². The van der Waals surface area contributed by atoms with Crippen LogP contribution in [0.2, 0.25) is 19.1 Å². The van der Waals surface area contributed by atoms with Crippen LogP contribution >= 0.6 is 0 Å². The lowest BCUT2D eigenvalue weighted by Gasteiger charge is -2.14. The third-order valence-electron chi connectivity index (χ3n) is 3.78. The first-order valence-corrected chi connectivity index (χ1v) is 9.73. The zero-order chi connectivity index (χ0) is 12.6. The van der Waals surface area contributed by atoms with E-state index in [9.17, 15) is 0 Å². The van der Waals surface area contributed by atoms with Crippen molar-refractivity contribution in [1.29, 1.82) is 0 Å². The zero-order valence-corrected chi connectivity index (χ0v) is 12.0. The fraction of sp³-hybridized carbons (Fsp3) is 0.176. The zero-order valence-electron chi connectivity index (χ0n) is 11.0. The average Bonchev–Trinajstić information content (AvgIpc) is 2.63. The molecule has 90 valence electrons. The number of rotatable bonds is 1. The van der Waals surface area contributed by atoms with Crippen LogP contribution in [-0.4, -0.2) is 8.07 Å². The van der Waals surface area contributed by atoms with Crippen molar-refractivity contribution in [2.75, 3.05) is 0 Å². The highest BCUT2D eigenvalue weighted by Gasteiger charge is 2.34. The molecule has 0 fully saturated rings. The Balaban J connectivity index is 2.09. The van der Waals surface area contributed by atoms with E-state index in [4.69, 9.17) is 0 Å². The van der Waals surface area contributed by atoms with Gasteiger partial charge in [0.15, 0.2) is 0 Å². The van der Waals surface area contributed by atoms with Crippen LogP contribution in [0.5, 0.6) is 0 Å². The Labute approximate surface area is 110 Å². The minimum absolute atomic E-state index is 1.25. The molecule has 0 spiro atoms. The molecule has 3 rings (SSSR count). The topological polar surface area (TPSA) is 0 Å². The van der Waals surface area contributed by atoms with E-state index in [0.29, 0.717) is 0 Å². The maximum atomic E-state index is 2.47. The smallest absolute Gasteiger partial charge is 0.0652 e. The van der Waals surface area contributed by atoms with Crippen molar-refractivity contribution < 1.29 is 0 Å². The lowest BCUT2D eigenvalue weighted by atomic mass is 10.0. The monoisotopic (exact) mass is 250 g/mol. The van der Waals surface area contributed by atoms with Gasteiger partial charge in [0.1, 0.15) is 0 Å². The Morgan fingerprint density at radius 3 is 2.33 bits per heavy atom. The molecule has 2 aromatic rings. The molecular weight excluding hydrogens is 232 g/mol. The van der Waals surface area contributed by atoms with Crippen LogP contribution in [0, 0.1) is 0 Å². The second-order valence-corrected chi connectivity index (χ2v) is 10.3. The molecule has 0 N–H and O–H groups in total. The summed E-state index contributed by atoms with van der Waals surface area (Å²) < 4.78 is 0. The molecule has 0 saturated carbocycles. The second-order valence-electron chi connectivity index (χ2n) is 5.69. The molecule has 1 heteroatoms. The van der Waals surface area contributed by atoms with E-state index in [1.165, 1.54) is 22.7 Å². The van der Waals surface area contributed by atoms with E-state index in [1.807, 2.05) is 0 Å². The number of hydrogen-bond donors (Lipinski definition) is 0. The summed E-state index contributed by atoms with van der Waals surface area (Å²) in [6, 6.07) is 20.9. The Morgan fingerprint density at radius 2 is 1.56 bits per heavy atom. The highest BCUT2D eigenvalue weighted by atomic mass is 28.3. The Bertz CT molecular complexity index is 594. The first kappa shape index (κ1) is 11.5. The van der Waals surface area contributed by atoms with Crippen LogP contribution in [0.15, 0.2) is 54.6 Å². The maximum Gasteiger partial charge on any atom is 0.0857 e. The molecule has 0 unspecified atom stereocenters. The van der Waals surface area contributed by atoms with Crippen molar-refractivity contribution in [2.24, 2.45) is 0 Å². The predicted molar refractivity (Wildman–Crippen MR) is 82.7 cm³/mol. The Morgan fingerprint density at radius 1 is 0.889 bits per heavy atom. The third kappa shape index (κ3) is 1.95. The summed E-state index contributed by atoms with van der Waals surface area (Å²) in [4.78, 5) is 0. The number of fused-ring (bicyclic) bond motifs is 1. The molecule has 0 amide bonds. The first-order valence-electron chi connectivity index (χ1n) is 6.52. The van der Waals surface area contributed by atoms with Gasteiger partial charge in [-0.25, -0.2) is 0 Å². The molecule has 0 saturated heterocycles. The standard InChI is InChI=1S/C17H18Si/c1-18(2)13-15(12-14-8-4-3-5-9-14)16-10-6-7-11-17(16)18/h3-12H,13H2,1-2H3/b15-12-. The van der Waals surface area contributed by atoms with Gasteiger partial charge >= 0.3 is 0 Å². The van der Waals surface area contributed by atoms with Gasteiger partial charge < -0.3 is 0 Å². The summed E-state index contributed by atoms with van der Waals surface area (Å²) in [5.74, 6) is 0. The highest BCUT2D eigenvalue weighted by Crippen LogP contribution is 2.34. The van der Waals surface area contributed by atoms with Crippen molar-refractivity contribution >= 4 is 24.9 Å². The van der Waals surface area contributed by atoms with Crippen LogP contribution in [0.1, 0.15) is 11.1 Å². The molecule has 1 aliphatic rings. The molecule has 18 heavy (non-hydrogen) atoms. The van der Waals surface area contributed by atoms with Crippen LogP contribution in [0.25, 0.3) is 11.6 Å². The number of hydrogen-bond acceptors (Lipinski definition) is 0. The summed E-state index contributed by atoms with van der Waals surface area (Å²) >= 11 is 0. The second kappa shape index (κ2) is 4.25. The molecule has 1 heterocycles. The normalized spacial score (nSPS) is 18.9. The highest BCUT2D eigenvalue weighted by molar-refractivity contribution is 6.93. The molecule has 0 aliphatic carbocycles. The SMILES string of the molecule is C[Si]1(C)C/C(=C/c2ccccc2)c2ccccc21. The Kier molecular flexibility index (Phi) is 2.71. The molecule has 0 bridgehead atoms. The van der Waals surface area contributed by atoms with Crippen molar-refractivity contribution in [3.8, 4) is 0 Å². The molecule has 0 atom stereocenters. The first-order chi connectivity index (χ1) is 8.67. The van der Waals surface area contributed by atoms with Crippen molar-refractivity contribution in [2.45, 2.75) is 19.1 Å². The van der Waals surface area contributed by atoms with Gasteiger partial charge in [-0.1, -0.05) is 79.0 Å². The minimum atomic E-state index is -1.25. The average molecular weight is 250 g/mol. The van der Waals surface area contributed by atoms with E-state index in [0.717, 1.165) is 0 Å². The lowest BCUT2D eigenvalue weighted by molar-refractivity contribution is 1.61. The van der Waals surface area contributed by atoms with Gasteiger partial charge in [0.2, 0.25) is 0 Å². The molecule has 0 nitrogen and oxygen atoms in total. The fourth-order valence-corrected chi connectivity index (χ4v) is 5.85. The summed E-state index contributed by atoms with van der Waals surface area (Å²) in [7, 11) is -1.25. The lowest BCUT2D eigenvalue weighted by Crippen LogP contribution is -2.37. The van der Waals surface area contributed by atoms with Gasteiger partial charge in [-0.15, -0.1) is 0 Å². The van der Waals surface area contributed by atoms with Crippen molar-refractivity contribution in [3.05, 3.63) is 65.7 Å². The maximum absolute atomic E-state index is 2.47. The quantitative estimate of drug-likeness (QED) is 0.667. The molecule has 2 aromatic carbocycles. The van der Waals surface area contributed by atoms with E-state index >= 15 is 0 Å². The summed E-state index contributed by atoms with van der Waals surface area (Å²) in [6.07, 6.45) is 2.36. The third-order valence-corrected chi connectivity index (χ3v) is 6.93. The molecule has 0 aromatic heterocycles. The van der Waals surface area contributed by atoms with E-state index < -0.39 is 8.07 Å². The summed E-state index contributed by atoms with van der Waals surface area (Å²) in [5, 5.41) is 1.62. The minimum Gasteiger partial charge on any atom is -0.0652 e. The van der Waals surface area contributed by atoms with Gasteiger partial charge in [-0.05, 0) is 22.7 Å². The number of allylic oxidation sites excluding steroid dienone is 1. The van der Waals surface area contributed by atoms with E-state index in [2.05, 4.69) is 73.8 Å². The predicted octanol–water partition coefficient (Wildman–Crippen LogP) is 4.16. The van der Waals surface area contributed by atoms with Crippen LogP contribution in [0.3, 0.4) is 0 Å². The van der Waals surface area contributed by atoms with Gasteiger partial charge in [0.25, 0.3) is 0 Å². The molecule has 1 aliphatic heterocycles. The van der Waals surface area contributed by atoms with Crippen molar-refractivity contribution in [1.82, 2.24) is 0 Å². The van der Waals surface area contributed by atoms with Gasteiger partial charge in [-0.3, -0.25) is 0 Å². The largest absolute Gasteiger partial charge is 0.0857 e. The van der Waals surface area contributed by atoms with Crippen molar-refractivity contribution in [3.63, 3.8) is 0 Å². The van der Waals surface area contributed by atoms with Crippen LogP contribution in [0.4, 0.5) is 0 Å². The van der Waals surface area contributed by atoms with Gasteiger partial charge in [0, 0.05) is 0 Å². The van der Waals surface area contributed by atoms with Crippen LogP contribution in [-0.2, 0) is 0 Å². The van der Waals surface area contributed by atoms with Gasteiger partial charge in [-0.2, -0.15) is 0 Å². The molecular formula is C17H18Si. The van der Waals surface area contributed by atoms with E-state index in [1.54, 1.807) is 5.19 Å². The Hall–Kier alpha value is -1.60. The molecule has 0 radical (unpaired) electrons. The number of benzene rings is 2.